The first-order chi connectivity index (χ1) is 9.22. The maximum Gasteiger partial charge on any atom is 0.234 e. The molecule has 0 fully saturated rings. The third kappa shape index (κ3) is 3.34. The molecule has 7 nitrogen and oxygen atoms in total. The summed E-state index contributed by atoms with van der Waals surface area (Å²) in [4.78, 5) is 15.6. The Labute approximate surface area is 110 Å². The van der Waals surface area contributed by atoms with E-state index in [1.54, 1.807) is 12.1 Å². The van der Waals surface area contributed by atoms with E-state index in [9.17, 15) is 4.79 Å². The Morgan fingerprint density at radius 1 is 1.37 bits per heavy atom. The molecule has 7 heteroatoms. The first-order valence-electron chi connectivity index (χ1n) is 5.95. The van der Waals surface area contributed by atoms with E-state index >= 15 is 0 Å². The number of rotatable bonds is 6. The van der Waals surface area contributed by atoms with Crippen molar-refractivity contribution in [2.45, 2.75) is 26.2 Å². The Morgan fingerprint density at radius 3 is 2.84 bits per heavy atom. The van der Waals surface area contributed by atoms with Gasteiger partial charge in [-0.05, 0) is 12.5 Å². The van der Waals surface area contributed by atoms with Gasteiger partial charge in [0.25, 0.3) is 0 Å². The molecule has 0 spiro atoms. The molecular formula is C12H14N4O3. The minimum atomic E-state index is 0.0820. The summed E-state index contributed by atoms with van der Waals surface area (Å²) in [6, 6.07) is 3.33. The Kier molecular flexibility index (Phi) is 4.17. The third-order valence-corrected chi connectivity index (χ3v) is 2.42. The van der Waals surface area contributed by atoms with Crippen LogP contribution in [-0.4, -0.2) is 33.2 Å². The molecule has 0 saturated carbocycles. The van der Waals surface area contributed by atoms with E-state index in [4.69, 9.17) is 9.26 Å². The fourth-order valence-corrected chi connectivity index (χ4v) is 1.51. The van der Waals surface area contributed by atoms with Crippen LogP contribution in [0.2, 0.25) is 0 Å². The van der Waals surface area contributed by atoms with Gasteiger partial charge in [0.2, 0.25) is 17.6 Å². The van der Waals surface area contributed by atoms with Crippen molar-refractivity contribution >= 4 is 5.78 Å². The van der Waals surface area contributed by atoms with E-state index in [2.05, 4.69) is 20.3 Å². The van der Waals surface area contributed by atoms with Crippen molar-refractivity contribution in [3.63, 3.8) is 0 Å². The standard InChI is InChI=1S/C12H14N4O3/c1-3-4-8(17)7-11-13-12(16-19-11)9-5-6-10(18-2)15-14-9/h5-6H,3-4,7H2,1-2H3. The van der Waals surface area contributed by atoms with Crippen molar-refractivity contribution < 1.29 is 14.1 Å². The first-order valence-corrected chi connectivity index (χ1v) is 5.95. The van der Waals surface area contributed by atoms with E-state index in [1.165, 1.54) is 7.11 Å². The largest absolute Gasteiger partial charge is 0.480 e. The number of nitrogens with zero attached hydrogens (tertiary/aromatic N) is 4. The van der Waals surface area contributed by atoms with E-state index in [-0.39, 0.29) is 12.2 Å². The molecule has 100 valence electrons. The van der Waals surface area contributed by atoms with Crippen molar-refractivity contribution in [1.82, 2.24) is 20.3 Å². The summed E-state index contributed by atoms with van der Waals surface area (Å²) in [5.74, 6) is 1.10. The molecule has 0 radical (unpaired) electrons. The SMILES string of the molecule is CCCC(=O)Cc1nc(-c2ccc(OC)nn2)no1. The predicted molar refractivity (Wildman–Crippen MR) is 65.5 cm³/mol. The fraction of sp³-hybridized carbons (Fsp3) is 0.417. The van der Waals surface area contributed by atoms with E-state index < -0.39 is 0 Å². The molecule has 19 heavy (non-hydrogen) atoms. The predicted octanol–water partition coefficient (Wildman–Crippen LogP) is 1.45. The third-order valence-electron chi connectivity index (χ3n) is 2.42. The number of methoxy groups -OCH3 is 1. The Balaban J connectivity index is 2.09. The van der Waals surface area contributed by atoms with Crippen molar-refractivity contribution in [2.75, 3.05) is 7.11 Å². The zero-order valence-corrected chi connectivity index (χ0v) is 10.8. The zero-order chi connectivity index (χ0) is 13.7. The summed E-state index contributed by atoms with van der Waals surface area (Å²) < 4.78 is 9.92. The summed E-state index contributed by atoms with van der Waals surface area (Å²) in [6.07, 6.45) is 1.48. The fourth-order valence-electron chi connectivity index (χ4n) is 1.51. The van der Waals surface area contributed by atoms with Gasteiger partial charge in [-0.15, -0.1) is 10.2 Å². The topological polar surface area (TPSA) is 91.0 Å². The Hall–Kier alpha value is -2.31. The molecule has 2 heterocycles. The highest BCUT2D eigenvalue weighted by atomic mass is 16.5. The van der Waals surface area contributed by atoms with Crippen LogP contribution in [0.15, 0.2) is 16.7 Å². The van der Waals surface area contributed by atoms with E-state index in [1.807, 2.05) is 6.92 Å². The second-order valence-corrected chi connectivity index (χ2v) is 3.94. The maximum atomic E-state index is 11.5. The number of hydrogen-bond acceptors (Lipinski definition) is 7. The summed E-state index contributed by atoms with van der Waals surface area (Å²) in [7, 11) is 1.51. The molecule has 0 aromatic carbocycles. The van der Waals surface area contributed by atoms with Crippen LogP contribution in [0.5, 0.6) is 5.88 Å². The van der Waals surface area contributed by atoms with Crippen LogP contribution in [0.3, 0.4) is 0 Å². The highest BCUT2D eigenvalue weighted by molar-refractivity contribution is 5.79. The molecule has 0 amide bonds. The van der Waals surface area contributed by atoms with Gasteiger partial charge in [-0.1, -0.05) is 12.1 Å². The van der Waals surface area contributed by atoms with Gasteiger partial charge in [-0.25, -0.2) is 0 Å². The van der Waals surface area contributed by atoms with Gasteiger partial charge in [0, 0.05) is 12.5 Å². The van der Waals surface area contributed by atoms with Gasteiger partial charge in [0.1, 0.15) is 11.5 Å². The van der Waals surface area contributed by atoms with Crippen LogP contribution >= 0.6 is 0 Å². The van der Waals surface area contributed by atoms with Crippen LogP contribution in [0.25, 0.3) is 11.5 Å². The van der Waals surface area contributed by atoms with Gasteiger partial charge < -0.3 is 9.26 Å². The molecule has 0 aliphatic heterocycles. The zero-order valence-electron chi connectivity index (χ0n) is 10.8. The smallest absolute Gasteiger partial charge is 0.234 e. The summed E-state index contributed by atoms with van der Waals surface area (Å²) in [6.45, 7) is 1.95. The summed E-state index contributed by atoms with van der Waals surface area (Å²) in [5.41, 5.74) is 0.471. The lowest BCUT2D eigenvalue weighted by atomic mass is 10.2. The number of carbonyl (C=O) groups excluding carboxylic acids is 1. The second kappa shape index (κ2) is 6.03. The van der Waals surface area contributed by atoms with E-state index in [0.717, 1.165) is 6.42 Å². The molecule has 0 bridgehead atoms. The molecular weight excluding hydrogens is 248 g/mol. The first kappa shape index (κ1) is 13.1. The average Bonchev–Trinajstić information content (AvgIpc) is 2.87. The van der Waals surface area contributed by atoms with Crippen LogP contribution in [0.4, 0.5) is 0 Å². The van der Waals surface area contributed by atoms with Crippen molar-refractivity contribution in [3.05, 3.63) is 18.0 Å². The van der Waals surface area contributed by atoms with Crippen LogP contribution in [0.1, 0.15) is 25.7 Å². The minimum absolute atomic E-state index is 0.0820. The number of Topliss-reactive ketones (excluding diaryl/α,β-unsaturated/α-hetero) is 1. The monoisotopic (exact) mass is 262 g/mol. The van der Waals surface area contributed by atoms with Crippen LogP contribution in [0, 0.1) is 0 Å². The molecule has 2 rings (SSSR count). The molecule has 0 saturated heterocycles. The lowest BCUT2D eigenvalue weighted by molar-refractivity contribution is -0.118. The average molecular weight is 262 g/mol. The van der Waals surface area contributed by atoms with Gasteiger partial charge >= 0.3 is 0 Å². The van der Waals surface area contributed by atoms with Crippen LogP contribution in [-0.2, 0) is 11.2 Å². The Bertz CT molecular complexity index is 550. The lowest BCUT2D eigenvalue weighted by Gasteiger charge is -1.96. The van der Waals surface area contributed by atoms with Crippen molar-refractivity contribution in [2.24, 2.45) is 0 Å². The van der Waals surface area contributed by atoms with Gasteiger partial charge in [-0.3, -0.25) is 4.79 Å². The highest BCUT2D eigenvalue weighted by Gasteiger charge is 2.13. The molecule has 2 aromatic rings. The number of ketones is 1. The second-order valence-electron chi connectivity index (χ2n) is 3.94. The van der Waals surface area contributed by atoms with Gasteiger partial charge in [0.15, 0.2) is 0 Å². The molecule has 0 aliphatic rings. The quantitative estimate of drug-likeness (QED) is 0.777. The number of aromatic nitrogens is 4. The van der Waals surface area contributed by atoms with Crippen molar-refractivity contribution in [3.8, 4) is 17.4 Å². The summed E-state index contributed by atoms with van der Waals surface area (Å²) >= 11 is 0. The molecule has 0 N–H and O–H groups in total. The molecule has 0 atom stereocenters. The van der Waals surface area contributed by atoms with Crippen LogP contribution < -0.4 is 4.74 Å². The highest BCUT2D eigenvalue weighted by Crippen LogP contribution is 2.14. The van der Waals surface area contributed by atoms with Gasteiger partial charge in [-0.2, -0.15) is 4.98 Å². The Morgan fingerprint density at radius 2 is 2.21 bits per heavy atom. The normalized spacial score (nSPS) is 10.4. The molecule has 2 aromatic heterocycles. The summed E-state index contributed by atoms with van der Waals surface area (Å²) in [5, 5.41) is 11.5. The maximum absolute atomic E-state index is 11.5. The number of carbonyl (C=O) groups is 1. The van der Waals surface area contributed by atoms with E-state index in [0.29, 0.717) is 29.7 Å². The number of ether oxygens (including phenoxy) is 1. The minimum Gasteiger partial charge on any atom is -0.480 e. The molecule has 0 unspecified atom stereocenters. The lowest BCUT2D eigenvalue weighted by Crippen LogP contribution is -2.02. The molecule has 0 aliphatic carbocycles. The van der Waals surface area contributed by atoms with Gasteiger partial charge in [0.05, 0.1) is 13.5 Å². The number of hydrogen-bond donors (Lipinski definition) is 0. The van der Waals surface area contributed by atoms with Crippen molar-refractivity contribution in [1.29, 1.82) is 0 Å².